The fourth-order valence-corrected chi connectivity index (χ4v) is 2.85. The number of nitrogens with one attached hydrogen (secondary N) is 2. The summed E-state index contributed by atoms with van der Waals surface area (Å²) in [7, 11) is 0. The van der Waals surface area contributed by atoms with Crippen LogP contribution in [0.25, 0.3) is 0 Å². The lowest BCUT2D eigenvalue weighted by atomic mass is 10.2. The van der Waals surface area contributed by atoms with Gasteiger partial charge in [-0.25, -0.2) is 9.97 Å². The molecule has 3 heterocycles. The molecular weight excluding hydrogens is 448 g/mol. The van der Waals surface area contributed by atoms with Crippen molar-refractivity contribution in [2.24, 2.45) is 0 Å². The van der Waals surface area contributed by atoms with Crippen molar-refractivity contribution in [2.45, 2.75) is 32.0 Å². The molecule has 2 N–H and O–H groups in total. The van der Waals surface area contributed by atoms with E-state index in [1.165, 1.54) is 25.3 Å². The Morgan fingerprint density at radius 1 is 1.27 bits per heavy atom. The van der Waals surface area contributed by atoms with Gasteiger partial charge in [-0.3, -0.25) is 9.59 Å². The van der Waals surface area contributed by atoms with E-state index < -0.39 is 29.4 Å². The van der Waals surface area contributed by atoms with Gasteiger partial charge in [-0.15, -0.1) is 0 Å². The van der Waals surface area contributed by atoms with Crippen molar-refractivity contribution < 1.29 is 36.6 Å². The van der Waals surface area contributed by atoms with Crippen LogP contribution in [-0.4, -0.2) is 47.3 Å². The molecule has 1 saturated heterocycles. The number of carbonyl (C=O) groups excluding carboxylic acids is 2. The Balaban J connectivity index is 1.96. The number of alkyl halides is 3. The molecule has 1 atom stereocenters. The van der Waals surface area contributed by atoms with Crippen molar-refractivity contribution in [3.8, 4) is 17.6 Å². The van der Waals surface area contributed by atoms with Gasteiger partial charge >= 0.3 is 12.1 Å². The highest BCUT2D eigenvalue weighted by Crippen LogP contribution is 2.31. The van der Waals surface area contributed by atoms with Crippen molar-refractivity contribution in [2.75, 3.05) is 23.8 Å². The molecule has 1 aliphatic rings. The van der Waals surface area contributed by atoms with Gasteiger partial charge in [0.2, 0.25) is 11.9 Å². The van der Waals surface area contributed by atoms with E-state index in [0.717, 1.165) is 12.5 Å². The first-order valence-corrected chi connectivity index (χ1v) is 9.70. The van der Waals surface area contributed by atoms with Gasteiger partial charge in [0, 0.05) is 31.4 Å². The van der Waals surface area contributed by atoms with Crippen LogP contribution in [0.1, 0.15) is 31.0 Å². The van der Waals surface area contributed by atoms with Crippen LogP contribution >= 0.6 is 0 Å². The molecule has 0 saturated carbocycles. The zero-order valence-electron chi connectivity index (χ0n) is 17.3. The highest BCUT2D eigenvalue weighted by Gasteiger charge is 2.39. The molecule has 0 radical (unpaired) electrons. The first-order chi connectivity index (χ1) is 15.6. The molecule has 33 heavy (non-hydrogen) atoms. The molecule has 2 aromatic heterocycles. The molecule has 3 rings (SSSR count). The maximum Gasteiger partial charge on any atom is 0.471 e. The van der Waals surface area contributed by atoms with Crippen LogP contribution in [0.15, 0.2) is 24.4 Å². The van der Waals surface area contributed by atoms with E-state index >= 15 is 0 Å². The third-order valence-electron chi connectivity index (χ3n) is 4.29. The van der Waals surface area contributed by atoms with Crippen molar-refractivity contribution >= 4 is 23.3 Å². The van der Waals surface area contributed by atoms with E-state index in [4.69, 9.17) is 9.47 Å². The van der Waals surface area contributed by atoms with Gasteiger partial charge in [0.15, 0.2) is 0 Å². The average Bonchev–Trinajstić information content (AvgIpc) is 3.25. The van der Waals surface area contributed by atoms with Gasteiger partial charge in [-0.05, 0) is 30.9 Å². The van der Waals surface area contributed by atoms with Crippen molar-refractivity contribution in [3.05, 3.63) is 41.6 Å². The van der Waals surface area contributed by atoms with E-state index in [-0.39, 0.29) is 30.2 Å². The Bertz CT molecular complexity index is 1110. The summed E-state index contributed by atoms with van der Waals surface area (Å²) < 4.78 is 63.6. The van der Waals surface area contributed by atoms with E-state index in [0.29, 0.717) is 18.6 Å². The number of amides is 2. The second kappa shape index (κ2) is 10.3. The summed E-state index contributed by atoms with van der Waals surface area (Å²) in [5.41, 5.74) is -0.706. The van der Waals surface area contributed by atoms with Crippen LogP contribution in [0.4, 0.5) is 29.1 Å². The molecule has 2 amide bonds. The Hall–Kier alpha value is -3.72. The number of pyridine rings is 2. The first kappa shape index (κ1) is 23.9. The Labute approximate surface area is 185 Å². The van der Waals surface area contributed by atoms with E-state index in [1.54, 1.807) is 5.32 Å². The zero-order chi connectivity index (χ0) is 24.0. The summed E-state index contributed by atoms with van der Waals surface area (Å²) in [5, 5.41) is 4.12. The normalized spacial score (nSPS) is 15.4. The van der Waals surface area contributed by atoms with Gasteiger partial charge in [0.25, 0.3) is 0 Å². The maximum atomic E-state index is 14.1. The highest BCUT2D eigenvalue weighted by molar-refractivity contribution is 5.97. The smallest absolute Gasteiger partial charge is 0.471 e. The standard InChI is InChI=1S/C21H18F4N4O4/c1-12(30)27-18-9-13(6-7-26-18)4-5-15-19(29-20(31)21(23,24)25)16(10-17(22)28-15)33-11-14-3-2-8-32-14/h6-7,9-10,14H,2-3,8,11H2,1H3,(H,29,31)(H,26,27,30). The van der Waals surface area contributed by atoms with E-state index in [2.05, 4.69) is 27.1 Å². The number of aromatic nitrogens is 2. The molecular formula is C21H18F4N4O4. The zero-order valence-corrected chi connectivity index (χ0v) is 17.3. The number of halogens is 4. The minimum Gasteiger partial charge on any atom is -0.488 e. The predicted molar refractivity (Wildman–Crippen MR) is 108 cm³/mol. The summed E-state index contributed by atoms with van der Waals surface area (Å²) in [4.78, 5) is 30.2. The fourth-order valence-electron chi connectivity index (χ4n) is 2.85. The quantitative estimate of drug-likeness (QED) is 0.399. The predicted octanol–water partition coefficient (Wildman–Crippen LogP) is 3.03. The summed E-state index contributed by atoms with van der Waals surface area (Å²) in [6, 6.07) is 3.62. The molecule has 0 spiro atoms. The minimum absolute atomic E-state index is 0.0599. The van der Waals surface area contributed by atoms with Gasteiger partial charge < -0.3 is 20.1 Å². The third kappa shape index (κ3) is 6.88. The van der Waals surface area contributed by atoms with Crippen LogP contribution in [0.2, 0.25) is 0 Å². The lowest BCUT2D eigenvalue weighted by molar-refractivity contribution is -0.167. The van der Waals surface area contributed by atoms with Crippen molar-refractivity contribution in [1.29, 1.82) is 0 Å². The summed E-state index contributed by atoms with van der Waals surface area (Å²) >= 11 is 0. The van der Waals surface area contributed by atoms with Crippen molar-refractivity contribution in [3.63, 3.8) is 0 Å². The first-order valence-electron chi connectivity index (χ1n) is 9.70. The number of nitrogens with zero attached hydrogens (tertiary/aromatic N) is 2. The number of carbonyl (C=O) groups is 2. The van der Waals surface area contributed by atoms with Gasteiger partial charge in [0.1, 0.15) is 29.6 Å². The molecule has 1 fully saturated rings. The molecule has 12 heteroatoms. The summed E-state index contributed by atoms with van der Waals surface area (Å²) in [5.74, 6) is 1.12. The molecule has 1 unspecified atom stereocenters. The number of anilines is 2. The number of rotatable bonds is 5. The maximum absolute atomic E-state index is 14.1. The molecule has 8 nitrogen and oxygen atoms in total. The molecule has 2 aromatic rings. The molecule has 0 bridgehead atoms. The largest absolute Gasteiger partial charge is 0.488 e. The SMILES string of the molecule is CC(=O)Nc1cc(C#Cc2nc(F)cc(OCC3CCCO3)c2NC(=O)C(F)(F)F)ccn1. The molecule has 174 valence electrons. The van der Waals surface area contributed by atoms with Gasteiger partial charge in [-0.2, -0.15) is 17.6 Å². The average molecular weight is 466 g/mol. The lowest BCUT2D eigenvalue weighted by Gasteiger charge is -2.17. The van der Waals surface area contributed by atoms with Crippen LogP contribution in [-0.2, 0) is 14.3 Å². The molecule has 0 aromatic carbocycles. The Kier molecular flexibility index (Phi) is 7.44. The lowest BCUT2D eigenvalue weighted by Crippen LogP contribution is -2.31. The molecule has 0 aliphatic carbocycles. The van der Waals surface area contributed by atoms with Crippen molar-refractivity contribution in [1.82, 2.24) is 9.97 Å². The third-order valence-corrected chi connectivity index (χ3v) is 4.29. The summed E-state index contributed by atoms with van der Waals surface area (Å²) in [6.07, 6.45) is -2.71. The van der Waals surface area contributed by atoms with Gasteiger partial charge in [0.05, 0.1) is 6.10 Å². The topological polar surface area (TPSA) is 102 Å². The van der Waals surface area contributed by atoms with Crippen LogP contribution in [0, 0.1) is 17.8 Å². The van der Waals surface area contributed by atoms with E-state index in [1.807, 2.05) is 0 Å². The van der Waals surface area contributed by atoms with Crippen LogP contribution < -0.4 is 15.4 Å². The number of hydrogen-bond acceptors (Lipinski definition) is 6. The van der Waals surface area contributed by atoms with Crippen LogP contribution in [0.3, 0.4) is 0 Å². The van der Waals surface area contributed by atoms with E-state index in [9.17, 15) is 27.2 Å². The van der Waals surface area contributed by atoms with Crippen LogP contribution in [0.5, 0.6) is 5.75 Å². The Morgan fingerprint density at radius 2 is 2.06 bits per heavy atom. The number of ether oxygens (including phenoxy) is 2. The highest BCUT2D eigenvalue weighted by atomic mass is 19.4. The summed E-state index contributed by atoms with van der Waals surface area (Å²) in [6.45, 7) is 1.74. The number of hydrogen-bond donors (Lipinski definition) is 2. The minimum atomic E-state index is -5.21. The second-order valence-corrected chi connectivity index (χ2v) is 6.93. The molecule has 1 aliphatic heterocycles. The fraction of sp³-hybridized carbons (Fsp3) is 0.333. The monoisotopic (exact) mass is 466 g/mol. The Morgan fingerprint density at radius 3 is 2.73 bits per heavy atom. The second-order valence-electron chi connectivity index (χ2n) is 6.93. The van der Waals surface area contributed by atoms with Gasteiger partial charge in [-0.1, -0.05) is 5.92 Å².